The molecule has 19 heavy (non-hydrogen) atoms. The van der Waals surface area contributed by atoms with Gasteiger partial charge in [-0.1, -0.05) is 80.1 Å². The molecule has 2 rings (SSSR count). The molecule has 0 atom stereocenters. The monoisotopic (exact) mass is 266 g/mol. The van der Waals surface area contributed by atoms with E-state index in [9.17, 15) is 0 Å². The van der Waals surface area contributed by atoms with Gasteiger partial charge >= 0.3 is 0 Å². The maximum absolute atomic E-state index is 2.38. The van der Waals surface area contributed by atoms with Gasteiger partial charge in [-0.2, -0.15) is 0 Å². The molecule has 0 nitrogen and oxygen atoms in total. The van der Waals surface area contributed by atoms with Gasteiger partial charge in [-0.15, -0.1) is 0 Å². The van der Waals surface area contributed by atoms with Crippen molar-refractivity contribution in [2.75, 3.05) is 0 Å². The lowest BCUT2D eigenvalue weighted by molar-refractivity contribution is 0.180. The summed E-state index contributed by atoms with van der Waals surface area (Å²) >= 11 is 0. The Morgan fingerprint density at radius 1 is 0.684 bits per heavy atom. The third-order valence-corrected chi connectivity index (χ3v) is 4.96. The molecular weight excluding hydrogens is 228 g/mol. The second-order valence-electron chi connectivity index (χ2n) is 9.26. The highest BCUT2D eigenvalue weighted by Gasteiger charge is 2.25. The minimum Gasteiger partial charge on any atom is -0.0602 e. The molecule has 0 saturated heterocycles. The van der Waals surface area contributed by atoms with E-state index < -0.39 is 0 Å². The largest absolute Gasteiger partial charge is 0.0602 e. The van der Waals surface area contributed by atoms with Gasteiger partial charge < -0.3 is 0 Å². The molecule has 0 bridgehead atoms. The van der Waals surface area contributed by atoms with E-state index in [-0.39, 0.29) is 0 Å². The Labute approximate surface area is 122 Å². The van der Waals surface area contributed by atoms with Crippen molar-refractivity contribution in [1.82, 2.24) is 0 Å². The van der Waals surface area contributed by atoms with Crippen molar-refractivity contribution in [2.24, 2.45) is 22.7 Å². The minimum absolute atomic E-state index is 0.570. The van der Waals surface area contributed by atoms with Crippen LogP contribution in [0.2, 0.25) is 0 Å². The summed E-state index contributed by atoms with van der Waals surface area (Å²) in [4.78, 5) is 0. The van der Waals surface area contributed by atoms with Crippen molar-refractivity contribution in [3.8, 4) is 0 Å². The van der Waals surface area contributed by atoms with Crippen LogP contribution in [0.15, 0.2) is 0 Å². The van der Waals surface area contributed by atoms with E-state index in [2.05, 4.69) is 41.5 Å². The molecule has 0 aromatic rings. The number of rotatable bonds is 1. The topological polar surface area (TPSA) is 0 Å². The van der Waals surface area contributed by atoms with Crippen LogP contribution in [0.25, 0.3) is 0 Å². The van der Waals surface area contributed by atoms with Gasteiger partial charge in [0.2, 0.25) is 0 Å². The Balaban J connectivity index is 0.000000191. The molecule has 2 fully saturated rings. The van der Waals surface area contributed by atoms with Gasteiger partial charge in [-0.3, -0.25) is 0 Å². The molecule has 0 aromatic heterocycles. The fraction of sp³-hybridized carbons (Fsp3) is 1.00. The fourth-order valence-corrected chi connectivity index (χ4v) is 3.53. The molecule has 0 spiro atoms. The molecule has 2 aliphatic carbocycles. The van der Waals surface area contributed by atoms with E-state index in [0.717, 1.165) is 11.8 Å². The first-order valence-electron chi connectivity index (χ1n) is 8.68. The second-order valence-corrected chi connectivity index (χ2v) is 9.26. The van der Waals surface area contributed by atoms with E-state index in [0.29, 0.717) is 10.8 Å². The molecule has 2 aliphatic rings. The summed E-state index contributed by atoms with van der Waals surface area (Å²) in [6.45, 7) is 14.1. The van der Waals surface area contributed by atoms with Crippen LogP contribution in [-0.2, 0) is 0 Å². The van der Waals surface area contributed by atoms with Crippen LogP contribution >= 0.6 is 0 Å². The average Bonchev–Trinajstić information content (AvgIpc) is 2.24. The molecular formula is C19H38. The SMILES string of the molecule is CC(C)(C)C1CCCCC1.CC(C)(C)CC1CCC1. The van der Waals surface area contributed by atoms with E-state index >= 15 is 0 Å². The highest BCUT2D eigenvalue weighted by atomic mass is 14.3. The molecule has 0 aliphatic heterocycles. The Hall–Kier alpha value is 0. The van der Waals surface area contributed by atoms with Crippen molar-refractivity contribution < 1.29 is 0 Å². The van der Waals surface area contributed by atoms with Crippen LogP contribution in [0.3, 0.4) is 0 Å². The molecule has 0 heteroatoms. The lowest BCUT2D eigenvalue weighted by Gasteiger charge is -2.33. The van der Waals surface area contributed by atoms with Gasteiger partial charge in [0.1, 0.15) is 0 Å². The third-order valence-electron chi connectivity index (χ3n) is 4.96. The summed E-state index contributed by atoms with van der Waals surface area (Å²) in [5, 5.41) is 0. The van der Waals surface area contributed by atoms with Crippen LogP contribution in [0.1, 0.15) is 99.3 Å². The predicted octanol–water partition coefficient (Wildman–Crippen LogP) is 6.84. The molecule has 114 valence electrons. The van der Waals surface area contributed by atoms with Crippen molar-refractivity contribution in [3.63, 3.8) is 0 Å². The Morgan fingerprint density at radius 2 is 1.21 bits per heavy atom. The first kappa shape index (κ1) is 17.1. The Kier molecular flexibility index (Phi) is 6.40. The molecule has 0 N–H and O–H groups in total. The summed E-state index contributed by atoms with van der Waals surface area (Å²) in [6.07, 6.45) is 13.3. The second kappa shape index (κ2) is 7.14. The zero-order chi connectivity index (χ0) is 14.5. The van der Waals surface area contributed by atoms with Crippen LogP contribution < -0.4 is 0 Å². The standard InChI is InChI=1S/C10H20.C9H18/c1-10(2,3)9-7-5-4-6-8-9;1-9(2,3)7-8-5-4-6-8/h9H,4-8H2,1-3H3;8H,4-7H2,1-3H3. The summed E-state index contributed by atoms with van der Waals surface area (Å²) < 4.78 is 0. The smallest absolute Gasteiger partial charge is 0.0354 e. The van der Waals surface area contributed by atoms with E-state index in [4.69, 9.17) is 0 Å². The van der Waals surface area contributed by atoms with E-state index in [1.165, 1.54) is 57.8 Å². The maximum atomic E-state index is 2.38. The van der Waals surface area contributed by atoms with Crippen molar-refractivity contribution in [1.29, 1.82) is 0 Å². The minimum atomic E-state index is 0.570. The van der Waals surface area contributed by atoms with Crippen molar-refractivity contribution >= 4 is 0 Å². The van der Waals surface area contributed by atoms with Crippen LogP contribution in [0, 0.1) is 22.7 Å². The molecule has 0 radical (unpaired) electrons. The van der Waals surface area contributed by atoms with Crippen molar-refractivity contribution in [3.05, 3.63) is 0 Å². The zero-order valence-corrected chi connectivity index (χ0v) is 14.5. The fourth-order valence-electron chi connectivity index (χ4n) is 3.53. The summed E-state index contributed by atoms with van der Waals surface area (Å²) in [7, 11) is 0. The highest BCUT2D eigenvalue weighted by molar-refractivity contribution is 4.77. The number of hydrogen-bond acceptors (Lipinski definition) is 0. The first-order chi connectivity index (χ1) is 8.68. The zero-order valence-electron chi connectivity index (χ0n) is 14.5. The quantitative estimate of drug-likeness (QED) is 0.487. The van der Waals surface area contributed by atoms with Gasteiger partial charge in [0.05, 0.1) is 0 Å². The summed E-state index contributed by atoms with van der Waals surface area (Å²) in [5.74, 6) is 2.08. The Bertz CT molecular complexity index is 228. The maximum Gasteiger partial charge on any atom is -0.0354 e. The van der Waals surface area contributed by atoms with Gasteiger partial charge in [0.25, 0.3) is 0 Å². The van der Waals surface area contributed by atoms with Crippen LogP contribution in [-0.4, -0.2) is 0 Å². The van der Waals surface area contributed by atoms with E-state index in [1.807, 2.05) is 0 Å². The highest BCUT2D eigenvalue weighted by Crippen LogP contribution is 2.37. The van der Waals surface area contributed by atoms with Gasteiger partial charge in [0, 0.05) is 0 Å². The molecule has 2 saturated carbocycles. The first-order valence-corrected chi connectivity index (χ1v) is 8.68. The number of hydrogen-bond donors (Lipinski definition) is 0. The molecule has 0 heterocycles. The third kappa shape index (κ3) is 7.37. The lowest BCUT2D eigenvalue weighted by Crippen LogP contribution is -2.22. The molecule has 0 aromatic carbocycles. The van der Waals surface area contributed by atoms with Crippen molar-refractivity contribution in [2.45, 2.75) is 99.3 Å². The van der Waals surface area contributed by atoms with Gasteiger partial charge in [-0.25, -0.2) is 0 Å². The van der Waals surface area contributed by atoms with E-state index in [1.54, 1.807) is 0 Å². The molecule has 0 unspecified atom stereocenters. The van der Waals surface area contributed by atoms with Crippen LogP contribution in [0.4, 0.5) is 0 Å². The normalized spacial score (nSPS) is 22.4. The Morgan fingerprint density at radius 3 is 1.42 bits per heavy atom. The lowest BCUT2D eigenvalue weighted by atomic mass is 9.72. The van der Waals surface area contributed by atoms with Gasteiger partial charge in [0.15, 0.2) is 0 Å². The average molecular weight is 267 g/mol. The summed E-state index contributed by atoms with van der Waals surface area (Å²) in [5.41, 5.74) is 1.14. The van der Waals surface area contributed by atoms with Crippen LogP contribution in [0.5, 0.6) is 0 Å². The molecule has 0 amide bonds. The summed E-state index contributed by atoms with van der Waals surface area (Å²) in [6, 6.07) is 0. The van der Waals surface area contributed by atoms with Gasteiger partial charge in [-0.05, 0) is 41.9 Å². The predicted molar refractivity (Wildman–Crippen MR) is 87.4 cm³/mol.